The molecule has 1 aliphatic heterocycles. The molecule has 0 aromatic carbocycles. The Balaban J connectivity index is 1.72. The zero-order chi connectivity index (χ0) is 16.7. The smallest absolute Gasteiger partial charge is 0.119 e. The van der Waals surface area contributed by atoms with Crippen LogP contribution in [0.5, 0.6) is 0 Å². The van der Waals surface area contributed by atoms with Crippen molar-refractivity contribution in [3.63, 3.8) is 0 Å². The molecule has 2 atom stereocenters. The lowest BCUT2D eigenvalue weighted by Gasteiger charge is -2.34. The molecule has 0 spiro atoms. The maximum atomic E-state index is 6.04. The number of nitrogens with two attached hydrogens (primary N) is 1. The van der Waals surface area contributed by atoms with Crippen molar-refractivity contribution in [1.82, 2.24) is 10.2 Å². The molecule has 2 rings (SSSR count). The van der Waals surface area contributed by atoms with E-state index in [0.717, 1.165) is 31.9 Å². The first kappa shape index (κ1) is 18.3. The molecular weight excluding hydrogens is 288 g/mol. The molecule has 2 aliphatic rings. The maximum absolute atomic E-state index is 6.04. The molecule has 3 N–H and O–H groups in total. The van der Waals surface area contributed by atoms with Gasteiger partial charge in [-0.15, -0.1) is 0 Å². The molecule has 23 heavy (non-hydrogen) atoms. The summed E-state index contributed by atoms with van der Waals surface area (Å²) in [7, 11) is 0. The predicted molar refractivity (Wildman–Crippen MR) is 96.7 cm³/mol. The van der Waals surface area contributed by atoms with Crippen molar-refractivity contribution < 1.29 is 4.74 Å². The third-order valence-corrected chi connectivity index (χ3v) is 4.61. The number of hydrogen-bond acceptors (Lipinski definition) is 4. The van der Waals surface area contributed by atoms with E-state index in [1.165, 1.54) is 32.1 Å². The highest BCUT2D eigenvalue weighted by atomic mass is 16.5. The summed E-state index contributed by atoms with van der Waals surface area (Å²) >= 11 is 0. The van der Waals surface area contributed by atoms with Crippen molar-refractivity contribution in [3.8, 4) is 0 Å². The summed E-state index contributed by atoms with van der Waals surface area (Å²) in [6.45, 7) is 10.0. The third kappa shape index (κ3) is 6.92. The van der Waals surface area contributed by atoms with Crippen molar-refractivity contribution in [1.29, 1.82) is 0 Å². The van der Waals surface area contributed by atoms with Crippen LogP contribution in [-0.4, -0.2) is 55.2 Å². The lowest BCUT2D eigenvalue weighted by atomic mass is 9.95. The van der Waals surface area contributed by atoms with Gasteiger partial charge in [0, 0.05) is 31.4 Å². The second-order valence-corrected chi connectivity index (χ2v) is 7.13. The fourth-order valence-corrected chi connectivity index (χ4v) is 3.67. The number of nitrogens with zero attached hydrogens (tertiary/aromatic N) is 2. The second kappa shape index (κ2) is 9.28. The summed E-state index contributed by atoms with van der Waals surface area (Å²) in [6.07, 6.45) is 9.19. The zero-order valence-corrected chi connectivity index (χ0v) is 15.1. The summed E-state index contributed by atoms with van der Waals surface area (Å²) in [5, 5.41) is 3.57. The molecule has 5 nitrogen and oxygen atoms in total. The van der Waals surface area contributed by atoms with Crippen LogP contribution in [0, 0.1) is 0 Å². The third-order valence-electron chi connectivity index (χ3n) is 4.61. The van der Waals surface area contributed by atoms with Crippen LogP contribution in [-0.2, 0) is 4.74 Å². The first-order valence-corrected chi connectivity index (χ1v) is 9.15. The van der Waals surface area contributed by atoms with Crippen molar-refractivity contribution in [2.45, 2.75) is 71.1 Å². The minimum Gasteiger partial charge on any atom is -0.386 e. The van der Waals surface area contributed by atoms with Gasteiger partial charge in [0.15, 0.2) is 0 Å². The van der Waals surface area contributed by atoms with Gasteiger partial charge in [-0.25, -0.2) is 0 Å². The van der Waals surface area contributed by atoms with Crippen molar-refractivity contribution in [2.75, 3.05) is 26.2 Å². The fraction of sp³-hybridized carbons (Fsp3) is 0.833. The highest BCUT2D eigenvalue weighted by Gasteiger charge is 2.21. The average molecular weight is 322 g/mol. The minimum atomic E-state index is 0.307. The van der Waals surface area contributed by atoms with Crippen LogP contribution in [0.2, 0.25) is 0 Å². The molecule has 0 aromatic rings. The molecule has 0 amide bonds. The van der Waals surface area contributed by atoms with E-state index in [4.69, 9.17) is 10.5 Å². The Bertz CT molecular complexity index is 405. The molecule has 1 heterocycles. The summed E-state index contributed by atoms with van der Waals surface area (Å²) in [5.41, 5.74) is 7.17. The van der Waals surface area contributed by atoms with Gasteiger partial charge in [0.2, 0.25) is 0 Å². The molecule has 1 saturated heterocycles. The average Bonchev–Trinajstić information content (AvgIpc) is 2.47. The largest absolute Gasteiger partial charge is 0.386 e. The Morgan fingerprint density at radius 3 is 2.52 bits per heavy atom. The first-order chi connectivity index (χ1) is 11.0. The number of allylic oxidation sites excluding steroid dienone is 1. The Morgan fingerprint density at radius 1 is 1.22 bits per heavy atom. The molecule has 5 heteroatoms. The van der Waals surface area contributed by atoms with E-state index in [1.807, 2.05) is 6.08 Å². The van der Waals surface area contributed by atoms with Gasteiger partial charge in [-0.1, -0.05) is 19.3 Å². The molecule has 1 aliphatic carbocycles. The standard InChI is InChI=1S/C18H34N4O/c1-14(21-17-7-5-4-6-8-17)11-18(19)20-9-10-22-12-15(2)23-16(3)13-22/h11,15-17,21H,4-10,12-13H2,1-3H3,(H2,19,20)/b14-11-. The van der Waals surface area contributed by atoms with Crippen LogP contribution < -0.4 is 11.1 Å². The molecular formula is C18H34N4O. The van der Waals surface area contributed by atoms with E-state index in [1.54, 1.807) is 0 Å². The Hall–Kier alpha value is -1.07. The highest BCUT2D eigenvalue weighted by molar-refractivity contribution is 5.91. The number of aliphatic imine (C=N–C) groups is 1. The quantitative estimate of drug-likeness (QED) is 0.582. The van der Waals surface area contributed by atoms with Crippen LogP contribution in [0.3, 0.4) is 0 Å². The van der Waals surface area contributed by atoms with Crippen LogP contribution >= 0.6 is 0 Å². The van der Waals surface area contributed by atoms with E-state index in [9.17, 15) is 0 Å². The Labute approximate surface area is 141 Å². The minimum absolute atomic E-state index is 0.307. The molecule has 0 bridgehead atoms. The Kier molecular flexibility index (Phi) is 7.37. The normalized spacial score (nSPS) is 28.8. The van der Waals surface area contributed by atoms with Gasteiger partial charge in [0.1, 0.15) is 5.84 Å². The van der Waals surface area contributed by atoms with Crippen LogP contribution in [0.1, 0.15) is 52.9 Å². The van der Waals surface area contributed by atoms with Crippen LogP contribution in [0.25, 0.3) is 0 Å². The number of hydrogen-bond donors (Lipinski definition) is 2. The number of nitrogens with one attached hydrogen (secondary N) is 1. The van der Waals surface area contributed by atoms with E-state index < -0.39 is 0 Å². The number of morpholine rings is 1. The van der Waals surface area contributed by atoms with Crippen molar-refractivity contribution >= 4 is 5.84 Å². The highest BCUT2D eigenvalue weighted by Crippen LogP contribution is 2.18. The monoisotopic (exact) mass is 322 g/mol. The molecule has 132 valence electrons. The van der Waals surface area contributed by atoms with Crippen molar-refractivity contribution in [2.24, 2.45) is 10.7 Å². The molecule has 2 unspecified atom stereocenters. The van der Waals surface area contributed by atoms with E-state index >= 15 is 0 Å². The van der Waals surface area contributed by atoms with Crippen LogP contribution in [0.15, 0.2) is 16.8 Å². The van der Waals surface area contributed by atoms with Crippen LogP contribution in [0.4, 0.5) is 0 Å². The molecule has 1 saturated carbocycles. The van der Waals surface area contributed by atoms with Gasteiger partial charge in [0.05, 0.1) is 18.8 Å². The summed E-state index contributed by atoms with van der Waals surface area (Å²) < 4.78 is 5.75. The van der Waals surface area contributed by atoms with E-state index in [2.05, 4.69) is 36.0 Å². The van der Waals surface area contributed by atoms with Gasteiger partial charge in [0.25, 0.3) is 0 Å². The van der Waals surface area contributed by atoms with Gasteiger partial charge in [-0.05, 0) is 39.7 Å². The van der Waals surface area contributed by atoms with E-state index in [0.29, 0.717) is 24.1 Å². The number of rotatable bonds is 6. The topological polar surface area (TPSA) is 62.9 Å². The van der Waals surface area contributed by atoms with E-state index in [-0.39, 0.29) is 0 Å². The fourth-order valence-electron chi connectivity index (χ4n) is 3.67. The summed E-state index contributed by atoms with van der Waals surface area (Å²) in [5.74, 6) is 0.625. The van der Waals surface area contributed by atoms with Gasteiger partial charge in [-0.3, -0.25) is 9.89 Å². The lowest BCUT2D eigenvalue weighted by molar-refractivity contribution is -0.0669. The summed E-state index contributed by atoms with van der Waals surface area (Å²) in [6, 6.07) is 0.615. The van der Waals surface area contributed by atoms with Crippen molar-refractivity contribution in [3.05, 3.63) is 11.8 Å². The first-order valence-electron chi connectivity index (χ1n) is 9.15. The number of ether oxygens (including phenoxy) is 1. The Morgan fingerprint density at radius 2 is 1.87 bits per heavy atom. The van der Waals surface area contributed by atoms with Gasteiger partial charge in [-0.2, -0.15) is 0 Å². The molecule has 0 radical (unpaired) electrons. The molecule has 0 aromatic heterocycles. The predicted octanol–water partition coefficient (Wildman–Crippen LogP) is 2.28. The zero-order valence-electron chi connectivity index (χ0n) is 15.1. The van der Waals surface area contributed by atoms with Gasteiger partial charge < -0.3 is 15.8 Å². The number of amidine groups is 1. The summed E-state index contributed by atoms with van der Waals surface area (Å²) in [4.78, 5) is 6.91. The van der Waals surface area contributed by atoms with Gasteiger partial charge >= 0.3 is 0 Å². The molecule has 2 fully saturated rings. The second-order valence-electron chi connectivity index (χ2n) is 7.13. The maximum Gasteiger partial charge on any atom is 0.119 e. The lowest BCUT2D eigenvalue weighted by Crippen LogP contribution is -2.46. The SMILES string of the molecule is C/C(=C/C(N)=NCCN1CC(C)OC(C)C1)NC1CCCCC1.